The molecule has 1 saturated heterocycles. The second-order valence-corrected chi connectivity index (χ2v) is 5.89. The minimum atomic E-state index is -0.244. The Kier molecular flexibility index (Phi) is 5.02. The number of amides is 1. The van der Waals surface area contributed by atoms with Crippen molar-refractivity contribution < 1.29 is 9.90 Å². The van der Waals surface area contributed by atoms with E-state index in [4.69, 9.17) is 11.6 Å². The van der Waals surface area contributed by atoms with Crippen molar-refractivity contribution in [2.45, 2.75) is 32.8 Å². The van der Waals surface area contributed by atoms with Crippen LogP contribution in [0.3, 0.4) is 0 Å². The van der Waals surface area contributed by atoms with Crippen LogP contribution in [0.15, 0.2) is 12.1 Å². The number of β-amino-alcohol motifs (C(OH)–C–C–N with tert-alkyl or cyclic N) is 1. The zero-order chi connectivity index (χ0) is 14.7. The fraction of sp³-hybridized carbons (Fsp3) is 0.533. The van der Waals surface area contributed by atoms with Gasteiger partial charge in [-0.2, -0.15) is 0 Å². The van der Waals surface area contributed by atoms with E-state index in [1.165, 1.54) is 0 Å². The zero-order valence-corrected chi connectivity index (χ0v) is 12.7. The maximum absolute atomic E-state index is 12.0. The number of benzene rings is 1. The Bertz CT molecular complexity index is 482. The molecule has 1 aliphatic rings. The molecular weight excluding hydrogens is 276 g/mol. The number of nitrogens with one attached hydrogen (secondary N) is 1. The van der Waals surface area contributed by atoms with Crippen molar-refractivity contribution in [1.29, 1.82) is 0 Å². The van der Waals surface area contributed by atoms with Crippen molar-refractivity contribution >= 4 is 23.2 Å². The molecule has 1 unspecified atom stereocenters. The van der Waals surface area contributed by atoms with Crippen molar-refractivity contribution in [3.8, 4) is 0 Å². The molecule has 2 rings (SSSR count). The molecule has 4 nitrogen and oxygen atoms in total. The first-order valence-electron chi connectivity index (χ1n) is 6.92. The highest BCUT2D eigenvalue weighted by molar-refractivity contribution is 6.34. The SMILES string of the molecule is Cc1cc(C)c(NC(=O)CCN2CCC(O)C2)c(Cl)c1. The predicted molar refractivity (Wildman–Crippen MR) is 81.2 cm³/mol. The number of aliphatic hydroxyl groups is 1. The number of likely N-dealkylation sites (tertiary alicyclic amines) is 1. The fourth-order valence-corrected chi connectivity index (χ4v) is 2.92. The quantitative estimate of drug-likeness (QED) is 0.897. The third kappa shape index (κ3) is 3.95. The number of aryl methyl sites for hydroxylation is 2. The summed E-state index contributed by atoms with van der Waals surface area (Å²) in [6.45, 7) is 6.11. The summed E-state index contributed by atoms with van der Waals surface area (Å²) in [7, 11) is 0. The first-order valence-corrected chi connectivity index (χ1v) is 7.30. The summed E-state index contributed by atoms with van der Waals surface area (Å²) >= 11 is 6.17. The van der Waals surface area contributed by atoms with Crippen molar-refractivity contribution in [2.75, 3.05) is 25.0 Å². The number of aliphatic hydroxyl groups excluding tert-OH is 1. The lowest BCUT2D eigenvalue weighted by molar-refractivity contribution is -0.116. The smallest absolute Gasteiger partial charge is 0.225 e. The van der Waals surface area contributed by atoms with Gasteiger partial charge in [-0.3, -0.25) is 4.79 Å². The first-order chi connectivity index (χ1) is 9.45. The maximum atomic E-state index is 12.0. The van der Waals surface area contributed by atoms with Gasteiger partial charge in [0.15, 0.2) is 0 Å². The molecule has 0 aromatic heterocycles. The highest BCUT2D eigenvalue weighted by atomic mass is 35.5. The molecule has 110 valence electrons. The van der Waals surface area contributed by atoms with Crippen molar-refractivity contribution in [2.24, 2.45) is 0 Å². The average molecular weight is 297 g/mol. The summed E-state index contributed by atoms with van der Waals surface area (Å²) in [6, 6.07) is 3.85. The highest BCUT2D eigenvalue weighted by Crippen LogP contribution is 2.27. The van der Waals surface area contributed by atoms with Crippen LogP contribution >= 0.6 is 11.6 Å². The van der Waals surface area contributed by atoms with E-state index in [0.29, 0.717) is 30.2 Å². The van der Waals surface area contributed by atoms with E-state index in [1.54, 1.807) is 0 Å². The Morgan fingerprint density at radius 1 is 1.50 bits per heavy atom. The van der Waals surface area contributed by atoms with Gasteiger partial charge in [-0.1, -0.05) is 17.7 Å². The van der Waals surface area contributed by atoms with Crippen molar-refractivity contribution in [3.05, 3.63) is 28.3 Å². The average Bonchev–Trinajstić information content (AvgIpc) is 2.77. The summed E-state index contributed by atoms with van der Waals surface area (Å²) in [5.41, 5.74) is 2.75. The van der Waals surface area contributed by atoms with E-state index in [2.05, 4.69) is 10.2 Å². The second kappa shape index (κ2) is 6.57. The number of carbonyl (C=O) groups excluding carboxylic acids is 1. The van der Waals surface area contributed by atoms with Crippen LogP contribution in [0, 0.1) is 13.8 Å². The number of carbonyl (C=O) groups is 1. The summed E-state index contributed by atoms with van der Waals surface area (Å²) in [6.07, 6.45) is 0.966. The molecule has 20 heavy (non-hydrogen) atoms. The van der Waals surface area contributed by atoms with Crippen LogP contribution in [-0.2, 0) is 4.79 Å². The molecule has 0 bridgehead atoms. The van der Waals surface area contributed by atoms with Gasteiger partial charge in [0.25, 0.3) is 0 Å². The molecule has 0 aliphatic carbocycles. The first kappa shape index (κ1) is 15.3. The number of hydrogen-bond donors (Lipinski definition) is 2. The van der Waals surface area contributed by atoms with Gasteiger partial charge in [-0.05, 0) is 37.5 Å². The van der Waals surface area contributed by atoms with Crippen LogP contribution in [0.2, 0.25) is 5.02 Å². The Hall–Kier alpha value is -1.10. The van der Waals surface area contributed by atoms with Gasteiger partial charge in [0.1, 0.15) is 0 Å². The molecular formula is C15H21ClN2O2. The van der Waals surface area contributed by atoms with E-state index in [1.807, 2.05) is 26.0 Å². The van der Waals surface area contributed by atoms with Gasteiger partial charge < -0.3 is 15.3 Å². The van der Waals surface area contributed by atoms with Crippen LogP contribution in [0.4, 0.5) is 5.69 Å². The lowest BCUT2D eigenvalue weighted by Crippen LogP contribution is -2.27. The van der Waals surface area contributed by atoms with E-state index in [-0.39, 0.29) is 12.0 Å². The van der Waals surface area contributed by atoms with E-state index < -0.39 is 0 Å². The van der Waals surface area contributed by atoms with E-state index in [0.717, 1.165) is 24.1 Å². The third-order valence-electron chi connectivity index (χ3n) is 3.60. The number of nitrogens with zero attached hydrogens (tertiary/aromatic N) is 1. The Morgan fingerprint density at radius 2 is 2.25 bits per heavy atom. The van der Waals surface area contributed by atoms with Crippen LogP contribution in [0.25, 0.3) is 0 Å². The molecule has 0 saturated carbocycles. The standard InChI is InChI=1S/C15H21ClN2O2/c1-10-7-11(2)15(13(16)8-10)17-14(20)4-6-18-5-3-12(19)9-18/h7-8,12,19H,3-6,9H2,1-2H3,(H,17,20). The summed E-state index contributed by atoms with van der Waals surface area (Å²) in [5.74, 6) is -0.0414. The topological polar surface area (TPSA) is 52.6 Å². The number of halogens is 1. The predicted octanol–water partition coefficient (Wildman–Crippen LogP) is 2.35. The van der Waals surface area contributed by atoms with Gasteiger partial charge >= 0.3 is 0 Å². The molecule has 1 aromatic carbocycles. The maximum Gasteiger partial charge on any atom is 0.225 e. The molecule has 0 spiro atoms. The summed E-state index contributed by atoms with van der Waals surface area (Å²) in [4.78, 5) is 14.1. The Balaban J connectivity index is 1.88. The largest absolute Gasteiger partial charge is 0.392 e. The van der Waals surface area contributed by atoms with Gasteiger partial charge in [-0.15, -0.1) is 0 Å². The van der Waals surface area contributed by atoms with Crippen LogP contribution in [0.1, 0.15) is 24.0 Å². The molecule has 0 radical (unpaired) electrons. The highest BCUT2D eigenvalue weighted by Gasteiger charge is 2.20. The van der Waals surface area contributed by atoms with Crippen molar-refractivity contribution in [3.63, 3.8) is 0 Å². The van der Waals surface area contributed by atoms with Gasteiger partial charge in [0, 0.05) is 26.1 Å². The normalized spacial score (nSPS) is 19.3. The van der Waals surface area contributed by atoms with Crippen LogP contribution < -0.4 is 5.32 Å². The minimum Gasteiger partial charge on any atom is -0.392 e. The third-order valence-corrected chi connectivity index (χ3v) is 3.90. The second-order valence-electron chi connectivity index (χ2n) is 5.48. The van der Waals surface area contributed by atoms with Gasteiger partial charge in [0.05, 0.1) is 16.8 Å². The van der Waals surface area contributed by atoms with Crippen molar-refractivity contribution in [1.82, 2.24) is 4.90 Å². The molecule has 1 aliphatic heterocycles. The summed E-state index contributed by atoms with van der Waals surface area (Å²) < 4.78 is 0. The fourth-order valence-electron chi connectivity index (χ4n) is 2.55. The molecule has 2 N–H and O–H groups in total. The summed E-state index contributed by atoms with van der Waals surface area (Å²) in [5, 5.41) is 12.9. The molecule has 5 heteroatoms. The minimum absolute atomic E-state index is 0.0414. The monoisotopic (exact) mass is 296 g/mol. The molecule has 1 amide bonds. The molecule has 1 fully saturated rings. The Morgan fingerprint density at radius 3 is 2.85 bits per heavy atom. The molecule has 1 aromatic rings. The Labute approximate surface area is 124 Å². The number of anilines is 1. The molecule has 1 heterocycles. The van der Waals surface area contributed by atoms with Gasteiger partial charge in [0.2, 0.25) is 5.91 Å². The van der Waals surface area contributed by atoms with E-state index in [9.17, 15) is 9.90 Å². The number of rotatable bonds is 4. The molecule has 1 atom stereocenters. The van der Waals surface area contributed by atoms with Crippen LogP contribution in [0.5, 0.6) is 0 Å². The van der Waals surface area contributed by atoms with E-state index >= 15 is 0 Å². The zero-order valence-electron chi connectivity index (χ0n) is 11.9. The lowest BCUT2D eigenvalue weighted by Gasteiger charge is -2.15. The number of hydrogen-bond acceptors (Lipinski definition) is 3. The van der Waals surface area contributed by atoms with Crippen LogP contribution in [-0.4, -0.2) is 41.7 Å². The lowest BCUT2D eigenvalue weighted by atomic mass is 10.1. The van der Waals surface area contributed by atoms with Gasteiger partial charge in [-0.25, -0.2) is 0 Å².